The summed E-state index contributed by atoms with van der Waals surface area (Å²) >= 11 is 1.27. The number of rotatable bonds is 7. The molecule has 11 heteroatoms. The van der Waals surface area contributed by atoms with Crippen molar-refractivity contribution in [3.05, 3.63) is 42.1 Å². The Kier molecular flexibility index (Phi) is 7.08. The second kappa shape index (κ2) is 10.0. The van der Waals surface area contributed by atoms with E-state index in [1.165, 1.54) is 16.7 Å². The molecule has 0 aliphatic carbocycles. The molecule has 1 atom stereocenters. The number of hydrogen-bond acceptors (Lipinski definition) is 9. The van der Waals surface area contributed by atoms with Gasteiger partial charge >= 0.3 is 5.97 Å². The van der Waals surface area contributed by atoms with Gasteiger partial charge < -0.3 is 19.1 Å². The van der Waals surface area contributed by atoms with Crippen molar-refractivity contribution in [2.75, 3.05) is 37.9 Å². The third-order valence-electron chi connectivity index (χ3n) is 5.36. The Morgan fingerprint density at radius 1 is 1.21 bits per heavy atom. The van der Waals surface area contributed by atoms with Gasteiger partial charge in [-0.2, -0.15) is 0 Å². The van der Waals surface area contributed by atoms with Crippen LogP contribution in [0.5, 0.6) is 11.5 Å². The molecule has 1 aromatic carbocycles. The normalized spacial score (nSPS) is 18.5. The smallest absolute Gasteiger partial charge is 0.341 e. The SMILES string of the molecule is CCN(C(=O)COC(=O)c1cccnc1Sc1ccc2c(c1)OCCO2)[C@@H]1CCS(=O)(=O)C1. The van der Waals surface area contributed by atoms with Crippen LogP contribution in [0.15, 0.2) is 46.5 Å². The average molecular weight is 493 g/mol. The highest BCUT2D eigenvalue weighted by Crippen LogP contribution is 2.37. The van der Waals surface area contributed by atoms with Crippen LogP contribution < -0.4 is 9.47 Å². The van der Waals surface area contributed by atoms with Crippen LogP contribution >= 0.6 is 11.8 Å². The van der Waals surface area contributed by atoms with Gasteiger partial charge in [0, 0.05) is 23.7 Å². The Morgan fingerprint density at radius 3 is 2.73 bits per heavy atom. The summed E-state index contributed by atoms with van der Waals surface area (Å²) in [6.07, 6.45) is 1.97. The number of benzene rings is 1. The quantitative estimate of drug-likeness (QED) is 0.537. The van der Waals surface area contributed by atoms with E-state index in [2.05, 4.69) is 4.98 Å². The molecule has 1 fully saturated rings. The molecule has 0 saturated carbocycles. The van der Waals surface area contributed by atoms with Gasteiger partial charge in [-0.15, -0.1) is 0 Å². The molecule has 176 valence electrons. The minimum absolute atomic E-state index is 0.0561. The summed E-state index contributed by atoms with van der Waals surface area (Å²) in [4.78, 5) is 31.9. The highest BCUT2D eigenvalue weighted by atomic mass is 32.2. The van der Waals surface area contributed by atoms with E-state index in [1.54, 1.807) is 31.3 Å². The summed E-state index contributed by atoms with van der Waals surface area (Å²) in [7, 11) is -3.13. The zero-order valence-electron chi connectivity index (χ0n) is 18.1. The fraction of sp³-hybridized carbons (Fsp3) is 0.409. The topological polar surface area (TPSA) is 112 Å². The summed E-state index contributed by atoms with van der Waals surface area (Å²) in [5, 5.41) is 0.431. The lowest BCUT2D eigenvalue weighted by Crippen LogP contribution is -2.43. The zero-order valence-corrected chi connectivity index (χ0v) is 19.7. The number of pyridine rings is 1. The van der Waals surface area contributed by atoms with Crippen LogP contribution in [-0.4, -0.2) is 74.1 Å². The largest absolute Gasteiger partial charge is 0.486 e. The molecule has 2 aromatic rings. The Morgan fingerprint density at radius 2 is 2.00 bits per heavy atom. The lowest BCUT2D eigenvalue weighted by atomic mass is 10.2. The number of carbonyl (C=O) groups excluding carboxylic acids is 2. The summed E-state index contributed by atoms with van der Waals surface area (Å²) in [5.41, 5.74) is 0.233. The molecule has 2 aliphatic rings. The van der Waals surface area contributed by atoms with E-state index >= 15 is 0 Å². The highest BCUT2D eigenvalue weighted by molar-refractivity contribution is 7.99. The highest BCUT2D eigenvalue weighted by Gasteiger charge is 2.34. The molecular weight excluding hydrogens is 468 g/mol. The van der Waals surface area contributed by atoms with Crippen molar-refractivity contribution in [1.82, 2.24) is 9.88 Å². The minimum atomic E-state index is -3.13. The first kappa shape index (κ1) is 23.4. The third-order valence-corrected chi connectivity index (χ3v) is 8.11. The Balaban J connectivity index is 1.41. The molecular formula is C22H24N2O7S2. The van der Waals surface area contributed by atoms with Gasteiger partial charge in [-0.25, -0.2) is 18.2 Å². The van der Waals surface area contributed by atoms with Gasteiger partial charge in [-0.3, -0.25) is 4.79 Å². The van der Waals surface area contributed by atoms with E-state index in [0.717, 1.165) is 4.90 Å². The number of esters is 1. The number of nitrogens with zero attached hydrogens (tertiary/aromatic N) is 2. The molecule has 0 N–H and O–H groups in total. The molecule has 3 heterocycles. The standard InChI is InChI=1S/C22H24N2O7S2/c1-2-24(15-7-11-33(27,28)14-15)20(25)13-31-22(26)17-4-3-8-23-21(17)32-16-5-6-18-19(12-16)30-10-9-29-18/h3-6,8,12,15H,2,7,9-11,13-14H2,1H3/t15-/m1/s1. The summed E-state index contributed by atoms with van der Waals surface area (Å²) in [5.74, 6) is 0.215. The van der Waals surface area contributed by atoms with Gasteiger partial charge in [-0.05, 0) is 43.7 Å². The van der Waals surface area contributed by atoms with Gasteiger partial charge in [0.2, 0.25) is 0 Å². The molecule has 1 amide bonds. The van der Waals surface area contributed by atoms with Crippen LogP contribution in [0.1, 0.15) is 23.7 Å². The molecule has 33 heavy (non-hydrogen) atoms. The Bertz CT molecular complexity index is 1150. The van der Waals surface area contributed by atoms with Crippen molar-refractivity contribution in [1.29, 1.82) is 0 Å². The second-order valence-electron chi connectivity index (χ2n) is 7.58. The first-order valence-electron chi connectivity index (χ1n) is 10.6. The maximum absolute atomic E-state index is 12.7. The van der Waals surface area contributed by atoms with Gasteiger partial charge in [0.25, 0.3) is 5.91 Å². The van der Waals surface area contributed by atoms with E-state index < -0.39 is 28.3 Å². The third kappa shape index (κ3) is 5.59. The van der Waals surface area contributed by atoms with Crippen LogP contribution in [0.2, 0.25) is 0 Å². The fourth-order valence-corrected chi connectivity index (χ4v) is 6.40. The van der Waals surface area contributed by atoms with Crippen molar-refractivity contribution in [2.45, 2.75) is 29.3 Å². The fourth-order valence-electron chi connectivity index (χ4n) is 3.77. The number of likely N-dealkylation sites (N-methyl/N-ethyl adjacent to an activating group) is 1. The number of carbonyl (C=O) groups is 2. The zero-order chi connectivity index (χ0) is 23.4. The first-order valence-corrected chi connectivity index (χ1v) is 13.2. The summed E-state index contributed by atoms with van der Waals surface area (Å²) in [6.45, 7) is 2.62. The van der Waals surface area contributed by atoms with Gasteiger partial charge in [0.05, 0.1) is 17.1 Å². The molecule has 0 spiro atoms. The Labute approximate surface area is 196 Å². The molecule has 9 nitrogen and oxygen atoms in total. The maximum atomic E-state index is 12.7. The number of fused-ring (bicyclic) bond motifs is 1. The van der Waals surface area contributed by atoms with Crippen molar-refractivity contribution in [2.24, 2.45) is 0 Å². The van der Waals surface area contributed by atoms with Crippen molar-refractivity contribution in [3.63, 3.8) is 0 Å². The Hall–Kier alpha value is -2.79. The molecule has 1 saturated heterocycles. The van der Waals surface area contributed by atoms with E-state index in [9.17, 15) is 18.0 Å². The number of amides is 1. The van der Waals surface area contributed by atoms with Crippen LogP contribution in [-0.2, 0) is 19.4 Å². The van der Waals surface area contributed by atoms with E-state index in [4.69, 9.17) is 14.2 Å². The lowest BCUT2D eigenvalue weighted by Gasteiger charge is -2.26. The molecule has 1 aromatic heterocycles. The molecule has 0 unspecified atom stereocenters. The van der Waals surface area contributed by atoms with Crippen LogP contribution in [0.4, 0.5) is 0 Å². The van der Waals surface area contributed by atoms with E-state index in [-0.39, 0.29) is 23.1 Å². The van der Waals surface area contributed by atoms with Crippen molar-refractivity contribution >= 4 is 33.5 Å². The van der Waals surface area contributed by atoms with Gasteiger partial charge in [-0.1, -0.05) is 11.8 Å². The lowest BCUT2D eigenvalue weighted by molar-refractivity contribution is -0.136. The van der Waals surface area contributed by atoms with Crippen molar-refractivity contribution in [3.8, 4) is 11.5 Å². The first-order chi connectivity index (χ1) is 15.9. The number of ether oxygens (including phenoxy) is 3. The van der Waals surface area contributed by atoms with E-state index in [1.807, 2.05) is 12.1 Å². The van der Waals surface area contributed by atoms with Crippen LogP contribution in [0.25, 0.3) is 0 Å². The molecule has 4 rings (SSSR count). The number of aromatic nitrogens is 1. The predicted octanol–water partition coefficient (Wildman–Crippen LogP) is 2.20. The molecule has 0 bridgehead atoms. The second-order valence-corrected chi connectivity index (χ2v) is 10.9. The average Bonchev–Trinajstić information content (AvgIpc) is 3.17. The number of hydrogen-bond donors (Lipinski definition) is 0. The maximum Gasteiger partial charge on any atom is 0.341 e. The molecule has 0 radical (unpaired) electrons. The monoisotopic (exact) mass is 492 g/mol. The van der Waals surface area contributed by atoms with Crippen LogP contribution in [0.3, 0.4) is 0 Å². The van der Waals surface area contributed by atoms with E-state index in [0.29, 0.717) is 42.7 Å². The predicted molar refractivity (Wildman–Crippen MR) is 121 cm³/mol. The molecule has 2 aliphatic heterocycles. The van der Waals surface area contributed by atoms with Crippen LogP contribution in [0, 0.1) is 0 Å². The van der Waals surface area contributed by atoms with Gasteiger partial charge in [0.15, 0.2) is 27.9 Å². The number of sulfone groups is 1. The van der Waals surface area contributed by atoms with Crippen molar-refractivity contribution < 1.29 is 32.2 Å². The van der Waals surface area contributed by atoms with Gasteiger partial charge in [0.1, 0.15) is 18.2 Å². The summed E-state index contributed by atoms with van der Waals surface area (Å²) < 4.78 is 39.9. The minimum Gasteiger partial charge on any atom is -0.486 e. The summed E-state index contributed by atoms with van der Waals surface area (Å²) in [6, 6.07) is 8.29.